The highest BCUT2D eigenvalue weighted by atomic mass is 32.2. The molecule has 1 aromatic heterocycles. The molecule has 1 rings (SSSR count). The molecular formula is C10H19N5O2S. The fourth-order valence-corrected chi connectivity index (χ4v) is 2.54. The van der Waals surface area contributed by atoms with Crippen molar-refractivity contribution in [3.8, 4) is 0 Å². The highest BCUT2D eigenvalue weighted by molar-refractivity contribution is 7.99. The average molecular weight is 273 g/mol. The number of amides is 1. The van der Waals surface area contributed by atoms with Crippen LogP contribution in [-0.4, -0.2) is 26.4 Å². The summed E-state index contributed by atoms with van der Waals surface area (Å²) in [6.07, 6.45) is 2.07. The number of carbonyl (C=O) groups is 1. The normalized spacial score (nSPS) is 10.9. The van der Waals surface area contributed by atoms with Crippen LogP contribution in [0, 0.1) is 0 Å². The van der Waals surface area contributed by atoms with E-state index in [0.29, 0.717) is 11.6 Å². The van der Waals surface area contributed by atoms with Gasteiger partial charge in [-0.2, -0.15) is 0 Å². The van der Waals surface area contributed by atoms with Gasteiger partial charge in [-0.15, -0.1) is 5.10 Å². The lowest BCUT2D eigenvalue weighted by atomic mass is 10.2. The van der Waals surface area contributed by atoms with Crippen LogP contribution in [0.3, 0.4) is 0 Å². The minimum atomic E-state index is -0.185. The first kappa shape index (κ1) is 14.8. The molecule has 0 bridgehead atoms. The molecule has 1 aromatic rings. The van der Waals surface area contributed by atoms with Crippen molar-refractivity contribution in [2.45, 2.75) is 44.3 Å². The van der Waals surface area contributed by atoms with Crippen LogP contribution in [0.15, 0.2) is 9.95 Å². The van der Waals surface area contributed by atoms with E-state index in [9.17, 15) is 9.59 Å². The van der Waals surface area contributed by atoms with Crippen molar-refractivity contribution in [1.82, 2.24) is 20.2 Å². The Balaban J connectivity index is 2.36. The fraction of sp³-hybridized carbons (Fsp3) is 0.700. The van der Waals surface area contributed by atoms with E-state index in [1.165, 1.54) is 11.8 Å². The lowest BCUT2D eigenvalue weighted by molar-refractivity contribution is -0.121. The van der Waals surface area contributed by atoms with E-state index in [4.69, 9.17) is 5.84 Å². The van der Waals surface area contributed by atoms with Gasteiger partial charge in [-0.3, -0.25) is 14.8 Å². The molecule has 18 heavy (non-hydrogen) atoms. The van der Waals surface area contributed by atoms with Gasteiger partial charge in [-0.25, -0.2) is 15.7 Å². The number of aromatic amines is 1. The second kappa shape index (κ2) is 7.22. The van der Waals surface area contributed by atoms with Gasteiger partial charge in [0.1, 0.15) is 0 Å². The Morgan fingerprint density at radius 3 is 2.89 bits per heavy atom. The molecule has 0 spiro atoms. The molecule has 0 atom stereocenters. The molecular weight excluding hydrogens is 254 g/mol. The Hall–Kier alpha value is -1.28. The number of nitrogens with one attached hydrogen (secondary N) is 2. The van der Waals surface area contributed by atoms with Crippen LogP contribution in [0.2, 0.25) is 0 Å². The van der Waals surface area contributed by atoms with Gasteiger partial charge in [0.2, 0.25) is 5.91 Å². The number of nitrogens with zero attached hydrogens (tertiary/aromatic N) is 2. The zero-order valence-corrected chi connectivity index (χ0v) is 11.4. The first-order chi connectivity index (χ1) is 8.56. The third kappa shape index (κ3) is 4.19. The summed E-state index contributed by atoms with van der Waals surface area (Å²) in [6.45, 7) is 3.87. The topological polar surface area (TPSA) is 106 Å². The first-order valence-corrected chi connectivity index (χ1v) is 6.84. The molecule has 1 amide bonds. The molecule has 0 fully saturated rings. The molecule has 7 nitrogen and oxygen atoms in total. The number of hydrogen-bond acceptors (Lipinski definition) is 5. The maximum absolute atomic E-state index is 11.5. The summed E-state index contributed by atoms with van der Waals surface area (Å²) in [5.41, 5.74) is 1.91. The van der Waals surface area contributed by atoms with Crippen LogP contribution in [0.1, 0.15) is 39.2 Å². The first-order valence-electron chi connectivity index (χ1n) is 5.85. The van der Waals surface area contributed by atoms with Crippen LogP contribution >= 0.6 is 11.8 Å². The van der Waals surface area contributed by atoms with Crippen molar-refractivity contribution in [2.24, 2.45) is 5.84 Å². The number of H-pyrrole nitrogens is 1. The summed E-state index contributed by atoms with van der Waals surface area (Å²) >= 11 is 1.51. The zero-order chi connectivity index (χ0) is 13.5. The summed E-state index contributed by atoms with van der Waals surface area (Å²) in [4.78, 5) is 22.3. The number of hydrogen-bond donors (Lipinski definition) is 3. The minimum absolute atomic E-state index is 0.0850. The highest BCUT2D eigenvalue weighted by Crippen LogP contribution is 2.18. The number of nitrogens with two attached hydrogens (primary N) is 1. The Morgan fingerprint density at radius 2 is 2.28 bits per heavy atom. The lowest BCUT2D eigenvalue weighted by Crippen LogP contribution is -2.29. The fourth-order valence-electron chi connectivity index (χ4n) is 1.47. The Morgan fingerprint density at radius 1 is 1.56 bits per heavy atom. The van der Waals surface area contributed by atoms with Crippen LogP contribution in [0.5, 0.6) is 0 Å². The Kier molecular flexibility index (Phi) is 5.93. The highest BCUT2D eigenvalue weighted by Gasteiger charge is 2.11. The molecule has 0 aliphatic rings. The quantitative estimate of drug-likeness (QED) is 0.219. The summed E-state index contributed by atoms with van der Waals surface area (Å²) in [5, 5.41) is 7.11. The zero-order valence-electron chi connectivity index (χ0n) is 10.6. The summed E-state index contributed by atoms with van der Waals surface area (Å²) in [7, 11) is 0. The van der Waals surface area contributed by atoms with Crippen LogP contribution in [0.25, 0.3) is 0 Å². The largest absolute Gasteiger partial charge is 0.344 e. The third-order valence-corrected chi connectivity index (χ3v) is 3.42. The van der Waals surface area contributed by atoms with Gasteiger partial charge in [-0.05, 0) is 26.7 Å². The molecule has 0 unspecified atom stereocenters. The van der Waals surface area contributed by atoms with E-state index in [-0.39, 0.29) is 17.6 Å². The molecule has 8 heteroatoms. The van der Waals surface area contributed by atoms with Gasteiger partial charge in [-0.1, -0.05) is 11.8 Å². The SMILES string of the molecule is CC(C)n1c(SCCCCC(=O)NN)n[nH]c1=O. The number of thioether (sulfide) groups is 1. The van der Waals surface area contributed by atoms with Gasteiger partial charge in [0.25, 0.3) is 0 Å². The molecule has 0 aliphatic carbocycles. The molecule has 1 heterocycles. The van der Waals surface area contributed by atoms with Gasteiger partial charge < -0.3 is 0 Å². The van der Waals surface area contributed by atoms with E-state index in [0.717, 1.165) is 18.6 Å². The van der Waals surface area contributed by atoms with Gasteiger partial charge in [0, 0.05) is 18.2 Å². The second-order valence-corrected chi connectivity index (χ2v) is 5.21. The van der Waals surface area contributed by atoms with Crippen LogP contribution in [0.4, 0.5) is 0 Å². The van der Waals surface area contributed by atoms with Crippen molar-refractivity contribution >= 4 is 17.7 Å². The number of carbonyl (C=O) groups excluding carboxylic acids is 1. The van der Waals surface area contributed by atoms with E-state index < -0.39 is 0 Å². The second-order valence-electron chi connectivity index (χ2n) is 4.15. The smallest absolute Gasteiger partial charge is 0.294 e. The standard InChI is InChI=1S/C10H19N5O2S/c1-7(2)15-9(17)13-14-10(15)18-6-4-3-5-8(16)12-11/h7H,3-6,11H2,1-2H3,(H,12,16)(H,13,17). The van der Waals surface area contributed by atoms with Gasteiger partial charge >= 0.3 is 5.69 Å². The molecule has 0 aromatic carbocycles. The van der Waals surface area contributed by atoms with Gasteiger partial charge in [0.15, 0.2) is 5.16 Å². The van der Waals surface area contributed by atoms with Crippen molar-refractivity contribution in [3.05, 3.63) is 10.5 Å². The number of rotatable bonds is 7. The number of unbranched alkanes of at least 4 members (excludes halogenated alkanes) is 1. The molecule has 0 saturated heterocycles. The van der Waals surface area contributed by atoms with Crippen molar-refractivity contribution in [3.63, 3.8) is 0 Å². The van der Waals surface area contributed by atoms with Crippen LogP contribution in [-0.2, 0) is 4.79 Å². The lowest BCUT2D eigenvalue weighted by Gasteiger charge is -2.08. The van der Waals surface area contributed by atoms with E-state index >= 15 is 0 Å². The maximum Gasteiger partial charge on any atom is 0.344 e. The van der Waals surface area contributed by atoms with Gasteiger partial charge in [0.05, 0.1) is 0 Å². The molecule has 0 radical (unpaired) electrons. The Labute approximate surface area is 109 Å². The van der Waals surface area contributed by atoms with Crippen molar-refractivity contribution < 1.29 is 4.79 Å². The molecule has 4 N–H and O–H groups in total. The van der Waals surface area contributed by atoms with E-state index in [1.54, 1.807) is 4.57 Å². The number of hydrazine groups is 1. The third-order valence-electron chi connectivity index (χ3n) is 2.38. The summed E-state index contributed by atoms with van der Waals surface area (Å²) in [5.74, 6) is 5.64. The summed E-state index contributed by atoms with van der Waals surface area (Å²) < 4.78 is 1.62. The van der Waals surface area contributed by atoms with E-state index in [2.05, 4.69) is 15.6 Å². The average Bonchev–Trinajstić information content (AvgIpc) is 2.69. The molecule has 102 valence electrons. The minimum Gasteiger partial charge on any atom is -0.294 e. The predicted octanol–water partition coefficient (Wildman–Crippen LogP) is 0.405. The molecule has 0 saturated carbocycles. The summed E-state index contributed by atoms with van der Waals surface area (Å²) in [6, 6.07) is 0.0850. The van der Waals surface area contributed by atoms with E-state index in [1.807, 2.05) is 13.8 Å². The molecule has 0 aliphatic heterocycles. The van der Waals surface area contributed by atoms with Crippen LogP contribution < -0.4 is 17.0 Å². The van der Waals surface area contributed by atoms with Crippen molar-refractivity contribution in [2.75, 3.05) is 5.75 Å². The van der Waals surface area contributed by atoms with Crippen molar-refractivity contribution in [1.29, 1.82) is 0 Å². The monoisotopic (exact) mass is 273 g/mol. The predicted molar refractivity (Wildman–Crippen MR) is 70.1 cm³/mol. The number of aromatic nitrogens is 3. The maximum atomic E-state index is 11.5. The Bertz CT molecular complexity index is 440.